The van der Waals surface area contributed by atoms with Gasteiger partial charge in [-0.15, -0.1) is 0 Å². The van der Waals surface area contributed by atoms with Gasteiger partial charge in [0, 0.05) is 25.8 Å². The first-order chi connectivity index (χ1) is 9.17. The summed E-state index contributed by atoms with van der Waals surface area (Å²) in [4.78, 5) is 0. The fourth-order valence-electron chi connectivity index (χ4n) is 2.02. The van der Waals surface area contributed by atoms with Crippen LogP contribution < -0.4 is 10.1 Å². The number of nitrogens with one attached hydrogen (secondary N) is 1. The molecule has 2 aromatic rings. The lowest BCUT2D eigenvalue weighted by atomic mass is 10.1. The SMILES string of the molecule is COc1ccc(CC(C)NCc2ccn(C)n2)cc1. The van der Waals surface area contributed by atoms with Gasteiger partial charge >= 0.3 is 0 Å². The summed E-state index contributed by atoms with van der Waals surface area (Å²) in [5.74, 6) is 0.901. The molecule has 2 rings (SSSR count). The third-order valence-electron chi connectivity index (χ3n) is 3.10. The van der Waals surface area contributed by atoms with E-state index in [9.17, 15) is 0 Å². The summed E-state index contributed by atoms with van der Waals surface area (Å²) >= 11 is 0. The molecule has 19 heavy (non-hydrogen) atoms. The van der Waals surface area contributed by atoms with Crippen LogP contribution in [0.1, 0.15) is 18.2 Å². The lowest BCUT2D eigenvalue weighted by molar-refractivity contribution is 0.414. The van der Waals surface area contributed by atoms with Crippen LogP contribution in [0, 0.1) is 0 Å². The van der Waals surface area contributed by atoms with E-state index in [2.05, 4.69) is 29.5 Å². The van der Waals surface area contributed by atoms with Gasteiger partial charge in [-0.25, -0.2) is 0 Å². The molecular weight excluding hydrogens is 238 g/mol. The third-order valence-corrected chi connectivity index (χ3v) is 3.10. The number of benzene rings is 1. The Morgan fingerprint density at radius 3 is 2.58 bits per heavy atom. The Bertz CT molecular complexity index is 504. The van der Waals surface area contributed by atoms with Crippen molar-refractivity contribution < 1.29 is 4.74 Å². The van der Waals surface area contributed by atoms with Gasteiger partial charge in [0.1, 0.15) is 5.75 Å². The van der Waals surface area contributed by atoms with E-state index in [1.165, 1.54) is 5.56 Å². The van der Waals surface area contributed by atoms with Crippen molar-refractivity contribution in [3.05, 3.63) is 47.8 Å². The minimum atomic E-state index is 0.412. The second-order valence-electron chi connectivity index (χ2n) is 4.81. The smallest absolute Gasteiger partial charge is 0.118 e. The van der Waals surface area contributed by atoms with Gasteiger partial charge in [0.15, 0.2) is 0 Å². The zero-order valence-electron chi connectivity index (χ0n) is 11.8. The van der Waals surface area contributed by atoms with Crippen LogP contribution in [0.5, 0.6) is 5.75 Å². The molecule has 1 unspecified atom stereocenters. The maximum absolute atomic E-state index is 5.16. The molecule has 1 aromatic heterocycles. The Balaban J connectivity index is 1.81. The van der Waals surface area contributed by atoms with Crippen molar-refractivity contribution in [1.82, 2.24) is 15.1 Å². The first kappa shape index (κ1) is 13.6. The Kier molecular flexibility index (Phi) is 4.58. The molecule has 1 aromatic carbocycles. The molecule has 0 saturated heterocycles. The van der Waals surface area contributed by atoms with Crippen LogP contribution in [0.2, 0.25) is 0 Å². The minimum Gasteiger partial charge on any atom is -0.497 e. The first-order valence-corrected chi connectivity index (χ1v) is 6.52. The summed E-state index contributed by atoms with van der Waals surface area (Å²) in [6.07, 6.45) is 2.96. The maximum Gasteiger partial charge on any atom is 0.118 e. The molecule has 1 heterocycles. The molecule has 4 heteroatoms. The molecule has 0 aliphatic rings. The van der Waals surface area contributed by atoms with Crippen molar-refractivity contribution in [3.63, 3.8) is 0 Å². The lowest BCUT2D eigenvalue weighted by Crippen LogP contribution is -2.27. The number of aromatic nitrogens is 2. The molecule has 0 fully saturated rings. The summed E-state index contributed by atoms with van der Waals surface area (Å²) < 4.78 is 6.98. The monoisotopic (exact) mass is 259 g/mol. The summed E-state index contributed by atoms with van der Waals surface area (Å²) in [5.41, 5.74) is 2.38. The van der Waals surface area contributed by atoms with Crippen LogP contribution in [0.3, 0.4) is 0 Å². The van der Waals surface area contributed by atoms with Crippen molar-refractivity contribution in [2.24, 2.45) is 7.05 Å². The molecule has 4 nitrogen and oxygen atoms in total. The van der Waals surface area contributed by atoms with E-state index >= 15 is 0 Å². The molecule has 0 spiro atoms. The Labute approximate surface area is 114 Å². The number of rotatable bonds is 6. The van der Waals surface area contributed by atoms with Crippen LogP contribution >= 0.6 is 0 Å². The molecule has 0 saturated carbocycles. The molecule has 0 aliphatic heterocycles. The molecule has 1 N–H and O–H groups in total. The molecule has 102 valence electrons. The predicted octanol–water partition coefficient (Wildman–Crippen LogP) is 2.15. The largest absolute Gasteiger partial charge is 0.497 e. The van der Waals surface area contributed by atoms with Crippen LogP contribution in [-0.4, -0.2) is 22.9 Å². The Morgan fingerprint density at radius 2 is 2.00 bits per heavy atom. The zero-order valence-corrected chi connectivity index (χ0v) is 11.8. The van der Waals surface area contributed by atoms with Gasteiger partial charge in [-0.2, -0.15) is 5.10 Å². The van der Waals surface area contributed by atoms with Crippen molar-refractivity contribution in [3.8, 4) is 5.75 Å². The molecule has 0 amide bonds. The quantitative estimate of drug-likeness (QED) is 0.864. The van der Waals surface area contributed by atoms with Gasteiger partial charge in [0.05, 0.1) is 12.8 Å². The highest BCUT2D eigenvalue weighted by Crippen LogP contribution is 2.12. The number of hydrogen-bond acceptors (Lipinski definition) is 3. The van der Waals surface area contributed by atoms with E-state index in [1.54, 1.807) is 7.11 Å². The van der Waals surface area contributed by atoms with Crippen LogP contribution in [0.15, 0.2) is 36.5 Å². The predicted molar refractivity (Wildman–Crippen MR) is 76.2 cm³/mol. The Hall–Kier alpha value is -1.81. The maximum atomic E-state index is 5.16. The number of hydrogen-bond donors (Lipinski definition) is 1. The standard InChI is InChI=1S/C15H21N3O/c1-12(16-11-14-8-9-18(2)17-14)10-13-4-6-15(19-3)7-5-13/h4-9,12,16H,10-11H2,1-3H3. The number of nitrogens with zero attached hydrogens (tertiary/aromatic N) is 2. The minimum absolute atomic E-state index is 0.412. The summed E-state index contributed by atoms with van der Waals surface area (Å²) in [5, 5.41) is 7.83. The lowest BCUT2D eigenvalue weighted by Gasteiger charge is -2.13. The van der Waals surface area contributed by atoms with E-state index in [1.807, 2.05) is 36.1 Å². The topological polar surface area (TPSA) is 39.1 Å². The number of methoxy groups -OCH3 is 1. The number of aryl methyl sites for hydroxylation is 1. The van der Waals surface area contributed by atoms with Crippen molar-refractivity contribution >= 4 is 0 Å². The van der Waals surface area contributed by atoms with Gasteiger partial charge in [-0.1, -0.05) is 12.1 Å². The van der Waals surface area contributed by atoms with E-state index in [-0.39, 0.29) is 0 Å². The molecular formula is C15H21N3O. The van der Waals surface area contributed by atoms with Crippen molar-refractivity contribution in [2.45, 2.75) is 25.9 Å². The summed E-state index contributed by atoms with van der Waals surface area (Å²) in [6.45, 7) is 2.99. The normalized spacial score (nSPS) is 12.4. The second-order valence-corrected chi connectivity index (χ2v) is 4.81. The van der Waals surface area contributed by atoms with Crippen LogP contribution in [0.4, 0.5) is 0 Å². The van der Waals surface area contributed by atoms with E-state index in [0.717, 1.165) is 24.4 Å². The summed E-state index contributed by atoms with van der Waals surface area (Å²) in [6, 6.07) is 10.7. The van der Waals surface area contributed by atoms with E-state index in [4.69, 9.17) is 4.74 Å². The summed E-state index contributed by atoms with van der Waals surface area (Å²) in [7, 11) is 3.62. The van der Waals surface area contributed by atoms with E-state index < -0.39 is 0 Å². The average molecular weight is 259 g/mol. The van der Waals surface area contributed by atoms with Crippen molar-refractivity contribution in [1.29, 1.82) is 0 Å². The van der Waals surface area contributed by atoms with Gasteiger partial charge in [0.2, 0.25) is 0 Å². The molecule has 0 radical (unpaired) electrons. The zero-order chi connectivity index (χ0) is 13.7. The highest BCUT2D eigenvalue weighted by Gasteiger charge is 2.04. The van der Waals surface area contributed by atoms with E-state index in [0.29, 0.717) is 6.04 Å². The van der Waals surface area contributed by atoms with Gasteiger partial charge < -0.3 is 10.1 Å². The van der Waals surface area contributed by atoms with Crippen LogP contribution in [0.25, 0.3) is 0 Å². The fourth-order valence-corrected chi connectivity index (χ4v) is 2.02. The third kappa shape index (κ3) is 4.10. The van der Waals surface area contributed by atoms with Gasteiger partial charge in [-0.05, 0) is 37.1 Å². The highest BCUT2D eigenvalue weighted by atomic mass is 16.5. The second kappa shape index (κ2) is 6.38. The van der Waals surface area contributed by atoms with Crippen LogP contribution in [-0.2, 0) is 20.0 Å². The van der Waals surface area contributed by atoms with Gasteiger partial charge in [-0.3, -0.25) is 4.68 Å². The van der Waals surface area contributed by atoms with Gasteiger partial charge in [0.25, 0.3) is 0 Å². The molecule has 0 bridgehead atoms. The first-order valence-electron chi connectivity index (χ1n) is 6.52. The highest BCUT2D eigenvalue weighted by molar-refractivity contribution is 5.27. The molecule has 1 atom stereocenters. The average Bonchev–Trinajstić information content (AvgIpc) is 2.83. The molecule has 0 aliphatic carbocycles. The fraction of sp³-hybridized carbons (Fsp3) is 0.400. The van der Waals surface area contributed by atoms with Crippen molar-refractivity contribution in [2.75, 3.05) is 7.11 Å². The Morgan fingerprint density at radius 1 is 1.26 bits per heavy atom. The number of ether oxygens (including phenoxy) is 1.